The predicted molar refractivity (Wildman–Crippen MR) is 152 cm³/mol. The molecule has 0 fully saturated rings. The van der Waals surface area contributed by atoms with Gasteiger partial charge >= 0.3 is 67.5 Å². The molecule has 0 heterocycles. The fourth-order valence-electron chi connectivity index (χ4n) is 4.02. The zero-order chi connectivity index (χ0) is 25.4. The van der Waals surface area contributed by atoms with Crippen molar-refractivity contribution in [1.82, 2.24) is 0 Å². The van der Waals surface area contributed by atoms with Gasteiger partial charge in [-0.15, -0.1) is 46.2 Å². The zero-order valence-corrected chi connectivity index (χ0v) is 26.3. The molecule has 0 saturated heterocycles. The van der Waals surface area contributed by atoms with Crippen LogP contribution < -0.4 is 0 Å². The van der Waals surface area contributed by atoms with E-state index >= 15 is 0 Å². The molecule has 0 bridgehead atoms. The van der Waals surface area contributed by atoms with Gasteiger partial charge in [-0.1, -0.05) is 76.9 Å². The summed E-state index contributed by atoms with van der Waals surface area (Å²) in [5.41, 5.74) is 3.41. The van der Waals surface area contributed by atoms with Gasteiger partial charge in [0.2, 0.25) is 0 Å². The molecule has 0 aliphatic heterocycles. The van der Waals surface area contributed by atoms with E-state index in [2.05, 4.69) is 110 Å². The van der Waals surface area contributed by atoms with E-state index in [-0.39, 0.29) is 16.3 Å². The third-order valence-electron chi connectivity index (χ3n) is 6.13. The fraction of sp³-hybridized carbons (Fsp3) is 0.469. The van der Waals surface area contributed by atoms with Gasteiger partial charge in [0.25, 0.3) is 0 Å². The Balaban J connectivity index is 0.000000258. The molecular formula is C32H44SiZr. The van der Waals surface area contributed by atoms with E-state index in [1.807, 2.05) is 35.5 Å². The molecule has 0 N–H and O–H groups in total. The quantitative estimate of drug-likeness (QED) is 0.225. The summed E-state index contributed by atoms with van der Waals surface area (Å²) in [5, 5.41) is 5.48. The van der Waals surface area contributed by atoms with Crippen molar-refractivity contribution in [3.05, 3.63) is 77.9 Å². The molecule has 180 valence electrons. The molecule has 34 heavy (non-hydrogen) atoms. The van der Waals surface area contributed by atoms with Gasteiger partial charge in [0.1, 0.15) is 0 Å². The van der Waals surface area contributed by atoms with Gasteiger partial charge in [0.15, 0.2) is 0 Å². The normalized spacial score (nSPS) is 13.0. The molecule has 0 amide bonds. The van der Waals surface area contributed by atoms with Crippen molar-refractivity contribution in [3.63, 3.8) is 0 Å². The van der Waals surface area contributed by atoms with Crippen LogP contribution in [0.15, 0.2) is 60.7 Å². The Morgan fingerprint density at radius 2 is 1.29 bits per heavy atom. The monoisotopic (exact) mass is 546 g/mol. The molecule has 3 aromatic rings. The van der Waals surface area contributed by atoms with E-state index in [1.165, 1.54) is 45.5 Å². The average molecular weight is 548 g/mol. The number of allylic oxidation sites excluding steroid dienone is 4. The SMILES string of the molecule is CC(C)(C)c1ccc2c(c1)[cH-]c1cc(C(C)(C)C)ccc12.CCC[Si](=[Zr+2])CCC.[C-]1=CC=CC1. The standard InChI is InChI=1S/C21H25.C6H14Si.C5H5.Zr/c1-20(2,3)16-7-9-18-14(12-16)11-15-13-17(21(4,5)6)8-10-19(15)18;1-3-5-7-6-4-2;1-2-4-5-3-1;/h7-13H,1-6H3;3-6H2,1-2H3;1-3H,4H2;/q-1;;-1;+2. The van der Waals surface area contributed by atoms with Crippen LogP contribution in [0.3, 0.4) is 0 Å². The summed E-state index contributed by atoms with van der Waals surface area (Å²) in [4.78, 5) is 0. The maximum Gasteiger partial charge on any atom is -0.109 e. The van der Waals surface area contributed by atoms with E-state index in [0.717, 1.165) is 6.42 Å². The molecule has 4 rings (SSSR count). The Hall–Kier alpha value is -1.11. The van der Waals surface area contributed by atoms with E-state index < -0.39 is 0 Å². The van der Waals surface area contributed by atoms with Crippen molar-refractivity contribution >= 4 is 27.0 Å². The molecule has 0 unspecified atom stereocenters. The number of fused-ring (bicyclic) bond motifs is 3. The van der Waals surface area contributed by atoms with Crippen molar-refractivity contribution in [2.45, 2.75) is 97.6 Å². The molecule has 3 aromatic carbocycles. The second-order valence-electron chi connectivity index (χ2n) is 11.4. The topological polar surface area (TPSA) is 0 Å². The van der Waals surface area contributed by atoms with E-state index in [4.69, 9.17) is 0 Å². The molecule has 0 radical (unpaired) electrons. The van der Waals surface area contributed by atoms with Crippen LogP contribution in [0.5, 0.6) is 0 Å². The Morgan fingerprint density at radius 3 is 1.59 bits per heavy atom. The fourth-order valence-corrected chi connectivity index (χ4v) is 9.17. The molecule has 0 spiro atoms. The van der Waals surface area contributed by atoms with Crippen LogP contribution in [-0.4, -0.2) is 5.43 Å². The molecular weight excluding hydrogens is 504 g/mol. The third kappa shape index (κ3) is 8.83. The van der Waals surface area contributed by atoms with Crippen LogP contribution in [0.2, 0.25) is 12.1 Å². The molecule has 0 saturated carbocycles. The van der Waals surface area contributed by atoms with Gasteiger partial charge in [-0.2, -0.15) is 6.08 Å². The van der Waals surface area contributed by atoms with Crippen molar-refractivity contribution < 1.29 is 23.3 Å². The first kappa shape index (κ1) is 29.1. The molecule has 1 aliphatic rings. The smallest absolute Gasteiger partial charge is 0.109 e. The minimum absolute atomic E-state index is 0.199. The Bertz CT molecular complexity index is 1040. The Labute approximate surface area is 224 Å². The van der Waals surface area contributed by atoms with Crippen LogP contribution in [0.25, 0.3) is 21.5 Å². The molecule has 0 nitrogen and oxygen atoms in total. The van der Waals surface area contributed by atoms with Gasteiger partial charge in [-0.05, 0) is 10.8 Å². The van der Waals surface area contributed by atoms with Gasteiger partial charge in [0, 0.05) is 0 Å². The first-order valence-corrected chi connectivity index (χ1v) is 18.5. The number of hydrogen-bond acceptors (Lipinski definition) is 0. The van der Waals surface area contributed by atoms with Crippen LogP contribution in [0.1, 0.15) is 85.8 Å². The number of hydrogen-bond donors (Lipinski definition) is 0. The summed E-state index contributed by atoms with van der Waals surface area (Å²) < 4.78 is 0. The summed E-state index contributed by atoms with van der Waals surface area (Å²) in [5.74, 6) is 0. The number of benzene rings is 2. The van der Waals surface area contributed by atoms with Crippen molar-refractivity contribution in [1.29, 1.82) is 0 Å². The van der Waals surface area contributed by atoms with Crippen molar-refractivity contribution in [2.24, 2.45) is 0 Å². The largest absolute Gasteiger partial charge is 0.273 e. The van der Waals surface area contributed by atoms with Gasteiger partial charge in [0.05, 0.1) is 0 Å². The van der Waals surface area contributed by atoms with Crippen LogP contribution >= 0.6 is 0 Å². The summed E-state index contributed by atoms with van der Waals surface area (Å²) in [7, 11) is 0. The Morgan fingerprint density at radius 1 is 0.824 bits per heavy atom. The minimum atomic E-state index is 0.199. The molecule has 0 atom stereocenters. The first-order chi connectivity index (χ1) is 16.0. The van der Waals surface area contributed by atoms with Crippen molar-refractivity contribution in [3.8, 4) is 0 Å². The minimum Gasteiger partial charge on any atom is -0.273 e. The maximum absolute atomic E-state index is 2.99. The third-order valence-corrected chi connectivity index (χ3v) is 12.0. The first-order valence-electron chi connectivity index (χ1n) is 12.9. The molecule has 0 aromatic heterocycles. The number of rotatable bonds is 4. The molecule has 1 aliphatic carbocycles. The average Bonchev–Trinajstić information content (AvgIpc) is 3.44. The van der Waals surface area contributed by atoms with E-state index in [0.29, 0.717) is 0 Å². The van der Waals surface area contributed by atoms with Crippen LogP contribution in [-0.2, 0) is 34.2 Å². The Kier molecular flexibility index (Phi) is 11.4. The summed E-state index contributed by atoms with van der Waals surface area (Å²) in [6, 6.07) is 19.3. The summed E-state index contributed by atoms with van der Waals surface area (Å²) in [6.07, 6.45) is 12.8. The summed E-state index contributed by atoms with van der Waals surface area (Å²) in [6.45, 7) is 18.2. The second-order valence-corrected chi connectivity index (χ2v) is 18.8. The van der Waals surface area contributed by atoms with Gasteiger partial charge < -0.3 is 0 Å². The summed E-state index contributed by atoms with van der Waals surface area (Å²) >= 11 is 1.84. The molecule has 2 heteroatoms. The van der Waals surface area contributed by atoms with Crippen molar-refractivity contribution in [2.75, 3.05) is 0 Å². The maximum atomic E-state index is 2.99. The van der Waals surface area contributed by atoms with E-state index in [9.17, 15) is 0 Å². The van der Waals surface area contributed by atoms with E-state index in [1.54, 1.807) is 12.1 Å². The van der Waals surface area contributed by atoms with Gasteiger partial charge in [-0.3, -0.25) is 6.08 Å². The van der Waals surface area contributed by atoms with Gasteiger partial charge in [-0.25, -0.2) is 12.2 Å². The predicted octanol–water partition coefficient (Wildman–Crippen LogP) is 9.96. The second kappa shape index (κ2) is 13.3. The van der Waals surface area contributed by atoms with Crippen LogP contribution in [0, 0.1) is 6.08 Å². The zero-order valence-electron chi connectivity index (χ0n) is 22.8. The van der Waals surface area contributed by atoms with Crippen LogP contribution in [0.4, 0.5) is 0 Å².